The Morgan fingerprint density at radius 2 is 1.09 bits per heavy atom. The highest BCUT2D eigenvalue weighted by molar-refractivity contribution is 7.26. The minimum atomic E-state index is -1.43. The van der Waals surface area contributed by atoms with E-state index in [1.165, 1.54) is 5.19 Å². The molecule has 0 fully saturated rings. The molecular formula is C17H35OSi4. The van der Waals surface area contributed by atoms with Gasteiger partial charge in [0.2, 0.25) is 9.04 Å². The fraction of sp³-hybridized carbons (Fsp3) is 0.647. The van der Waals surface area contributed by atoms with Gasteiger partial charge in [0.15, 0.2) is 0 Å². The highest BCUT2D eigenvalue weighted by Crippen LogP contribution is 2.55. The maximum Gasteiger partial charge on any atom is 0.244 e. The normalized spacial score (nSPS) is 14.5. The number of hydrogen-bond acceptors (Lipinski definition) is 1. The lowest BCUT2D eigenvalue weighted by molar-refractivity contribution is 0.426. The van der Waals surface area contributed by atoms with Crippen molar-refractivity contribution in [2.45, 2.75) is 62.8 Å². The molecule has 0 aromatic heterocycles. The van der Waals surface area contributed by atoms with Crippen LogP contribution in [0, 0.1) is 0 Å². The number of hydrogen-bond donors (Lipinski definition) is 0. The summed E-state index contributed by atoms with van der Waals surface area (Å²) in [5.41, 5.74) is 0. The second-order valence-electron chi connectivity index (χ2n) is 9.40. The molecule has 0 aliphatic rings. The summed E-state index contributed by atoms with van der Waals surface area (Å²) in [7, 11) is -3.37. The minimum Gasteiger partial charge on any atom is -0.415 e. The first-order chi connectivity index (χ1) is 9.80. The maximum absolute atomic E-state index is 6.39. The van der Waals surface area contributed by atoms with Crippen LogP contribution in [-0.2, 0) is 4.43 Å². The van der Waals surface area contributed by atoms with Crippen molar-refractivity contribution >= 4 is 38.4 Å². The molecule has 1 nitrogen and oxygen atoms in total. The first kappa shape index (κ1) is 20.1. The zero-order valence-corrected chi connectivity index (χ0v) is 20.3. The molecule has 0 unspecified atom stereocenters. The quantitative estimate of drug-likeness (QED) is 0.649. The van der Waals surface area contributed by atoms with E-state index in [1.54, 1.807) is 0 Å². The maximum atomic E-state index is 6.39. The molecule has 0 saturated heterocycles. The molecule has 125 valence electrons. The van der Waals surface area contributed by atoms with E-state index in [4.69, 9.17) is 4.43 Å². The van der Waals surface area contributed by atoms with E-state index >= 15 is 0 Å². The second-order valence-corrected chi connectivity index (χ2v) is 30.5. The molecule has 1 aromatic carbocycles. The molecule has 0 atom stereocenters. The van der Waals surface area contributed by atoms with Crippen LogP contribution in [-0.4, -0.2) is 40.4 Å². The monoisotopic (exact) mass is 367 g/mol. The number of benzene rings is 1. The zero-order valence-electron chi connectivity index (χ0n) is 16.3. The van der Waals surface area contributed by atoms with Gasteiger partial charge in [-0.15, -0.1) is 0 Å². The van der Waals surface area contributed by atoms with Crippen LogP contribution in [0.2, 0.25) is 62.8 Å². The Bertz CT molecular complexity index is 444. The Morgan fingerprint density at radius 1 is 0.727 bits per heavy atom. The molecule has 0 spiro atoms. The van der Waals surface area contributed by atoms with Crippen molar-refractivity contribution in [2.75, 3.05) is 7.11 Å². The SMILES string of the molecule is CO[Si](c1ccccc1)C([Si](C)(C)C)([Si](C)(C)C)[Si](C)(C)C. The van der Waals surface area contributed by atoms with Crippen LogP contribution >= 0.6 is 0 Å². The summed E-state index contributed by atoms with van der Waals surface area (Å²) >= 11 is 0. The van der Waals surface area contributed by atoms with Crippen LogP contribution in [0.3, 0.4) is 0 Å². The lowest BCUT2D eigenvalue weighted by Gasteiger charge is -2.61. The van der Waals surface area contributed by atoms with Crippen molar-refractivity contribution in [1.29, 1.82) is 0 Å². The summed E-state index contributed by atoms with van der Waals surface area (Å²) in [6, 6.07) is 11.1. The molecule has 0 N–H and O–H groups in total. The van der Waals surface area contributed by atoms with Gasteiger partial charge >= 0.3 is 0 Å². The Kier molecular flexibility index (Phi) is 5.95. The van der Waals surface area contributed by atoms with Gasteiger partial charge in [-0.1, -0.05) is 89.3 Å². The first-order valence-corrected chi connectivity index (χ1v) is 20.2. The molecule has 1 aromatic rings. The standard InChI is InChI=1S/C17H35OSi4/c1-18-19(16-14-12-11-13-15-16)17(20(2,3)4,21(5,6)7)22(8,9)10/h11-15H,1-10H3. The molecule has 1 rings (SSSR count). The van der Waals surface area contributed by atoms with Crippen LogP contribution < -0.4 is 5.19 Å². The summed E-state index contributed by atoms with van der Waals surface area (Å²) in [6.07, 6.45) is 0. The van der Waals surface area contributed by atoms with Gasteiger partial charge in [0.1, 0.15) is 0 Å². The lowest BCUT2D eigenvalue weighted by Crippen LogP contribution is -2.75. The van der Waals surface area contributed by atoms with E-state index in [-0.39, 0.29) is 0 Å². The third kappa shape index (κ3) is 3.29. The highest BCUT2D eigenvalue weighted by Gasteiger charge is 2.65. The van der Waals surface area contributed by atoms with E-state index in [0.29, 0.717) is 3.91 Å². The smallest absolute Gasteiger partial charge is 0.244 e. The fourth-order valence-corrected chi connectivity index (χ4v) is 44.3. The molecule has 0 aliphatic heterocycles. The topological polar surface area (TPSA) is 9.23 Å². The largest absolute Gasteiger partial charge is 0.415 e. The predicted octanol–water partition coefficient (Wildman–Crippen LogP) is 4.90. The molecule has 22 heavy (non-hydrogen) atoms. The summed E-state index contributed by atoms with van der Waals surface area (Å²) in [6.45, 7) is 23.3. The van der Waals surface area contributed by atoms with Crippen molar-refractivity contribution in [3.8, 4) is 0 Å². The summed E-state index contributed by atoms with van der Waals surface area (Å²) < 4.78 is 6.87. The number of rotatable bonds is 6. The Hall–Kier alpha value is 0.0475. The molecular weight excluding hydrogens is 333 g/mol. The molecule has 0 heterocycles. The van der Waals surface area contributed by atoms with Gasteiger partial charge in [-0.2, -0.15) is 0 Å². The van der Waals surface area contributed by atoms with Crippen LogP contribution in [0.1, 0.15) is 0 Å². The molecule has 1 radical (unpaired) electrons. The van der Waals surface area contributed by atoms with Gasteiger partial charge in [-0.05, 0) is 9.09 Å². The molecule has 0 amide bonds. The second kappa shape index (κ2) is 6.51. The molecule has 0 bridgehead atoms. The molecule has 0 saturated carbocycles. The Balaban J connectivity index is 3.76. The summed E-state index contributed by atoms with van der Waals surface area (Å²) in [5.74, 6) is 0. The van der Waals surface area contributed by atoms with Crippen molar-refractivity contribution in [2.24, 2.45) is 0 Å². The third-order valence-electron chi connectivity index (χ3n) is 4.96. The lowest BCUT2D eigenvalue weighted by atomic mass is 10.4. The summed E-state index contributed by atoms with van der Waals surface area (Å²) in [5, 5.41) is 1.47. The van der Waals surface area contributed by atoms with Gasteiger partial charge in [0.25, 0.3) is 0 Å². The van der Waals surface area contributed by atoms with E-state index in [1.807, 2.05) is 7.11 Å². The van der Waals surface area contributed by atoms with E-state index in [9.17, 15) is 0 Å². The Labute approximate surface area is 143 Å². The first-order valence-electron chi connectivity index (χ1n) is 8.27. The summed E-state index contributed by atoms with van der Waals surface area (Å²) in [4.78, 5) is 0. The van der Waals surface area contributed by atoms with Crippen LogP contribution in [0.4, 0.5) is 0 Å². The van der Waals surface area contributed by atoms with Gasteiger partial charge in [-0.25, -0.2) is 0 Å². The molecule has 5 heteroatoms. The van der Waals surface area contributed by atoms with Crippen LogP contribution in [0.15, 0.2) is 30.3 Å². The van der Waals surface area contributed by atoms with Crippen LogP contribution in [0.25, 0.3) is 0 Å². The van der Waals surface area contributed by atoms with Crippen molar-refractivity contribution < 1.29 is 4.43 Å². The van der Waals surface area contributed by atoms with Gasteiger partial charge in [-0.3, -0.25) is 0 Å². The van der Waals surface area contributed by atoms with Crippen molar-refractivity contribution in [3.63, 3.8) is 0 Å². The average Bonchev–Trinajstić information content (AvgIpc) is 2.31. The van der Waals surface area contributed by atoms with E-state index in [0.717, 1.165) is 0 Å². The van der Waals surface area contributed by atoms with Crippen LogP contribution in [0.5, 0.6) is 0 Å². The minimum absolute atomic E-state index is 0.480. The van der Waals surface area contributed by atoms with Gasteiger partial charge in [0.05, 0.1) is 0 Å². The van der Waals surface area contributed by atoms with Gasteiger partial charge in [0, 0.05) is 31.3 Å². The predicted molar refractivity (Wildman–Crippen MR) is 112 cm³/mol. The van der Waals surface area contributed by atoms with Gasteiger partial charge < -0.3 is 4.43 Å². The molecule has 0 aliphatic carbocycles. The highest BCUT2D eigenvalue weighted by atomic mass is 28.5. The third-order valence-corrected chi connectivity index (χ3v) is 35.9. The van der Waals surface area contributed by atoms with Crippen molar-refractivity contribution in [3.05, 3.63) is 30.3 Å². The zero-order chi connectivity index (χ0) is 17.4. The Morgan fingerprint density at radius 3 is 1.36 bits per heavy atom. The van der Waals surface area contributed by atoms with E-state index < -0.39 is 33.3 Å². The average molecular weight is 368 g/mol. The van der Waals surface area contributed by atoms with E-state index in [2.05, 4.69) is 89.3 Å². The van der Waals surface area contributed by atoms with Crippen molar-refractivity contribution in [1.82, 2.24) is 0 Å². The fourth-order valence-electron chi connectivity index (χ4n) is 5.47.